The predicted molar refractivity (Wildman–Crippen MR) is 153 cm³/mol. The second-order valence-electron chi connectivity index (χ2n) is 10.6. The molecule has 0 saturated heterocycles. The number of fused-ring (bicyclic) bond motifs is 2. The number of primary amides is 1. The van der Waals surface area contributed by atoms with Gasteiger partial charge in [0.25, 0.3) is 5.91 Å². The van der Waals surface area contributed by atoms with Crippen molar-refractivity contribution in [2.75, 3.05) is 13.2 Å². The molecule has 0 bridgehead atoms. The molecule has 1 aliphatic carbocycles. The van der Waals surface area contributed by atoms with Crippen molar-refractivity contribution in [2.45, 2.75) is 44.2 Å². The van der Waals surface area contributed by atoms with E-state index in [1.165, 1.54) is 0 Å². The van der Waals surface area contributed by atoms with E-state index in [9.17, 15) is 9.59 Å². The summed E-state index contributed by atoms with van der Waals surface area (Å²) in [5.41, 5.74) is 7.97. The molecular formula is C33H33N3O4. The van der Waals surface area contributed by atoms with Crippen LogP contribution in [-0.2, 0) is 16.9 Å². The molecule has 7 nitrogen and oxygen atoms in total. The van der Waals surface area contributed by atoms with Crippen molar-refractivity contribution in [2.24, 2.45) is 11.7 Å². The zero-order chi connectivity index (χ0) is 27.5. The van der Waals surface area contributed by atoms with Gasteiger partial charge in [0.2, 0.25) is 5.91 Å². The number of carbonyl (C=O) groups is 2. The molecule has 1 aromatic heterocycles. The fourth-order valence-electron chi connectivity index (χ4n) is 6.38. The van der Waals surface area contributed by atoms with Crippen molar-refractivity contribution in [3.63, 3.8) is 0 Å². The number of amides is 2. The molecule has 6 rings (SSSR count). The van der Waals surface area contributed by atoms with Gasteiger partial charge in [0.15, 0.2) is 11.5 Å². The lowest BCUT2D eigenvalue weighted by atomic mass is 9.68. The van der Waals surface area contributed by atoms with E-state index in [4.69, 9.17) is 15.2 Å². The maximum atomic E-state index is 14.7. The first-order valence-corrected chi connectivity index (χ1v) is 14.0. The van der Waals surface area contributed by atoms with Crippen LogP contribution in [-0.4, -0.2) is 34.9 Å². The molecule has 0 radical (unpaired) electrons. The van der Waals surface area contributed by atoms with Crippen molar-refractivity contribution in [1.29, 1.82) is 0 Å². The smallest absolute Gasteiger partial charge is 0.255 e. The lowest BCUT2D eigenvalue weighted by molar-refractivity contribution is -0.135. The van der Waals surface area contributed by atoms with Crippen molar-refractivity contribution >= 4 is 22.7 Å². The van der Waals surface area contributed by atoms with Gasteiger partial charge in [-0.3, -0.25) is 14.6 Å². The normalized spacial score (nSPS) is 16.7. The Morgan fingerprint density at radius 3 is 2.42 bits per heavy atom. The SMILES string of the molecule is NC(=O)C(c1ccc2ncccc2c1)(C1CCCCC1)N(Cc1ccccc1)C(=O)c1ccc2c(c1)OCCO2. The highest BCUT2D eigenvalue weighted by atomic mass is 16.6. The van der Waals surface area contributed by atoms with Gasteiger partial charge in [-0.2, -0.15) is 0 Å². The number of ether oxygens (including phenoxy) is 2. The minimum absolute atomic E-state index is 0.141. The first kappa shape index (κ1) is 25.9. The van der Waals surface area contributed by atoms with Crippen LogP contribution in [0.25, 0.3) is 10.9 Å². The Morgan fingerprint density at radius 1 is 0.875 bits per heavy atom. The van der Waals surface area contributed by atoms with Crippen molar-refractivity contribution in [3.8, 4) is 11.5 Å². The average Bonchev–Trinajstić information content (AvgIpc) is 3.01. The molecule has 2 N–H and O–H groups in total. The van der Waals surface area contributed by atoms with E-state index in [0.717, 1.165) is 48.6 Å². The fourth-order valence-corrected chi connectivity index (χ4v) is 6.38. The standard InChI is InChI=1S/C33H33N3O4/c34-32(38)33(26-11-5-2-6-12-26,27-14-15-28-24(20-27)10-7-17-35-28)36(22-23-8-3-1-4-9-23)31(37)25-13-16-29-30(21-25)40-19-18-39-29/h1,3-4,7-10,13-17,20-21,26H,2,5-6,11-12,18-19,22H2,(H2,34,38). The number of nitrogens with two attached hydrogens (primary N) is 1. The van der Waals surface area contributed by atoms with E-state index in [1.54, 1.807) is 29.3 Å². The van der Waals surface area contributed by atoms with Crippen LogP contribution in [0.15, 0.2) is 85.1 Å². The monoisotopic (exact) mass is 535 g/mol. The van der Waals surface area contributed by atoms with Crippen LogP contribution >= 0.6 is 0 Å². The number of carbonyl (C=O) groups excluding carboxylic acids is 2. The van der Waals surface area contributed by atoms with Crippen LogP contribution in [0.4, 0.5) is 0 Å². The first-order chi connectivity index (χ1) is 19.6. The molecular weight excluding hydrogens is 502 g/mol. The van der Waals surface area contributed by atoms with Crippen LogP contribution in [0.3, 0.4) is 0 Å². The number of nitrogens with zero attached hydrogens (tertiary/aromatic N) is 2. The lowest BCUT2D eigenvalue weighted by Crippen LogP contribution is -2.61. The van der Waals surface area contributed by atoms with Crippen molar-refractivity contribution in [1.82, 2.24) is 9.88 Å². The second-order valence-corrected chi connectivity index (χ2v) is 10.6. The maximum Gasteiger partial charge on any atom is 0.255 e. The van der Waals surface area contributed by atoms with Gasteiger partial charge in [-0.1, -0.05) is 61.7 Å². The van der Waals surface area contributed by atoms with E-state index < -0.39 is 11.4 Å². The largest absolute Gasteiger partial charge is 0.486 e. The van der Waals surface area contributed by atoms with E-state index in [2.05, 4.69) is 4.98 Å². The van der Waals surface area contributed by atoms with Crippen LogP contribution in [0, 0.1) is 5.92 Å². The minimum atomic E-state index is -1.37. The molecule has 1 unspecified atom stereocenters. The molecule has 1 saturated carbocycles. The molecule has 2 amide bonds. The molecule has 2 aliphatic rings. The molecule has 1 atom stereocenters. The summed E-state index contributed by atoms with van der Waals surface area (Å²) < 4.78 is 11.5. The van der Waals surface area contributed by atoms with Gasteiger partial charge < -0.3 is 20.1 Å². The van der Waals surface area contributed by atoms with Gasteiger partial charge in [0, 0.05) is 23.7 Å². The summed E-state index contributed by atoms with van der Waals surface area (Å²) >= 11 is 0. The Hall–Kier alpha value is -4.39. The van der Waals surface area contributed by atoms with E-state index >= 15 is 0 Å². The third-order valence-electron chi connectivity index (χ3n) is 8.26. The number of pyridine rings is 1. The summed E-state index contributed by atoms with van der Waals surface area (Å²) in [6, 6.07) is 24.7. The summed E-state index contributed by atoms with van der Waals surface area (Å²) in [4.78, 5) is 34.9. The van der Waals surface area contributed by atoms with Gasteiger partial charge in [-0.15, -0.1) is 0 Å². The van der Waals surface area contributed by atoms with Crippen LogP contribution in [0.1, 0.15) is 53.6 Å². The Balaban J connectivity index is 1.56. The zero-order valence-electron chi connectivity index (χ0n) is 22.4. The fraction of sp³-hybridized carbons (Fsp3) is 0.303. The quantitative estimate of drug-likeness (QED) is 0.332. The van der Waals surface area contributed by atoms with Crippen LogP contribution in [0.5, 0.6) is 11.5 Å². The van der Waals surface area contributed by atoms with Crippen molar-refractivity contribution < 1.29 is 19.1 Å². The summed E-state index contributed by atoms with van der Waals surface area (Å²) in [5, 5.41) is 0.896. The number of hydrogen-bond acceptors (Lipinski definition) is 5. The number of aromatic nitrogens is 1. The first-order valence-electron chi connectivity index (χ1n) is 14.0. The highest BCUT2D eigenvalue weighted by molar-refractivity contribution is 6.00. The van der Waals surface area contributed by atoms with E-state index in [-0.39, 0.29) is 18.4 Å². The average molecular weight is 536 g/mol. The number of rotatable bonds is 7. The van der Waals surface area contributed by atoms with Crippen LogP contribution in [0.2, 0.25) is 0 Å². The van der Waals surface area contributed by atoms with Gasteiger partial charge in [0.1, 0.15) is 18.8 Å². The molecule has 40 heavy (non-hydrogen) atoms. The molecule has 7 heteroatoms. The number of hydrogen-bond donors (Lipinski definition) is 1. The van der Waals surface area contributed by atoms with E-state index in [0.29, 0.717) is 35.8 Å². The Morgan fingerprint density at radius 2 is 1.65 bits per heavy atom. The van der Waals surface area contributed by atoms with Crippen LogP contribution < -0.4 is 15.2 Å². The highest BCUT2D eigenvalue weighted by Gasteiger charge is 2.53. The Bertz CT molecular complexity index is 1530. The molecule has 1 fully saturated rings. The summed E-state index contributed by atoms with van der Waals surface area (Å²) in [6.45, 7) is 1.10. The predicted octanol–water partition coefficient (Wildman–Crippen LogP) is 5.61. The summed E-state index contributed by atoms with van der Waals surface area (Å²) in [6.07, 6.45) is 6.40. The summed E-state index contributed by atoms with van der Waals surface area (Å²) in [5.74, 6) is 0.183. The molecule has 1 aliphatic heterocycles. The second kappa shape index (κ2) is 11.0. The Kier molecular flexibility index (Phi) is 7.11. The topological polar surface area (TPSA) is 94.8 Å². The zero-order valence-corrected chi connectivity index (χ0v) is 22.4. The van der Waals surface area contributed by atoms with Gasteiger partial charge in [-0.05, 0) is 66.3 Å². The Labute approximate surface area is 233 Å². The minimum Gasteiger partial charge on any atom is -0.486 e. The molecule has 0 spiro atoms. The van der Waals surface area contributed by atoms with Crippen molar-refractivity contribution in [3.05, 3.63) is 102 Å². The third kappa shape index (κ3) is 4.66. The lowest BCUT2D eigenvalue weighted by Gasteiger charge is -2.48. The van der Waals surface area contributed by atoms with Gasteiger partial charge >= 0.3 is 0 Å². The highest BCUT2D eigenvalue weighted by Crippen LogP contribution is 2.46. The molecule has 3 aromatic carbocycles. The van der Waals surface area contributed by atoms with Gasteiger partial charge in [-0.25, -0.2) is 0 Å². The molecule has 204 valence electrons. The molecule has 2 heterocycles. The maximum absolute atomic E-state index is 14.7. The molecule has 4 aromatic rings. The number of benzene rings is 3. The van der Waals surface area contributed by atoms with E-state index in [1.807, 2.05) is 60.7 Å². The van der Waals surface area contributed by atoms with Gasteiger partial charge in [0.05, 0.1) is 5.52 Å². The third-order valence-corrected chi connectivity index (χ3v) is 8.26. The summed E-state index contributed by atoms with van der Waals surface area (Å²) in [7, 11) is 0.